The van der Waals surface area contributed by atoms with E-state index in [0.717, 1.165) is 4.57 Å². The molecule has 3 atom stereocenters. The van der Waals surface area contributed by atoms with Gasteiger partial charge in [0.15, 0.2) is 5.60 Å². The van der Waals surface area contributed by atoms with Crippen molar-refractivity contribution in [3.8, 4) is 0 Å². The van der Waals surface area contributed by atoms with Crippen molar-refractivity contribution in [1.82, 2.24) is 9.55 Å². The number of aromatic amines is 1. The number of rotatable bonds is 4. The first-order valence-corrected chi connectivity index (χ1v) is 6.19. The first-order valence-electron chi connectivity index (χ1n) is 6.19. The fourth-order valence-corrected chi connectivity index (χ4v) is 2.33. The Morgan fingerprint density at radius 3 is 2.86 bits per heavy atom. The summed E-state index contributed by atoms with van der Waals surface area (Å²) in [5.74, 6) is 0. The number of hydrogen-bond acceptors (Lipinski definition) is 7. The Hall–Kier alpha value is -2.04. The predicted octanol–water partition coefficient (Wildman–Crippen LogP) is -1.87. The first kappa shape index (κ1) is 15.4. The van der Waals surface area contributed by atoms with Gasteiger partial charge in [-0.1, -0.05) is 0 Å². The van der Waals surface area contributed by atoms with E-state index in [2.05, 4.69) is 4.98 Å². The second kappa shape index (κ2) is 5.39. The van der Waals surface area contributed by atoms with Gasteiger partial charge < -0.3 is 14.9 Å². The number of nitrogens with zero attached hydrogens (tertiary/aromatic N) is 2. The van der Waals surface area contributed by atoms with E-state index < -0.39 is 47.3 Å². The van der Waals surface area contributed by atoms with Crippen molar-refractivity contribution < 1.29 is 19.9 Å². The number of aromatic nitrogens is 2. The summed E-state index contributed by atoms with van der Waals surface area (Å²) in [4.78, 5) is 35.1. The van der Waals surface area contributed by atoms with Crippen molar-refractivity contribution in [3.05, 3.63) is 42.7 Å². The lowest BCUT2D eigenvalue weighted by molar-refractivity contribution is -0.506. The molecule has 10 heteroatoms. The van der Waals surface area contributed by atoms with E-state index in [9.17, 15) is 29.9 Å². The number of nitro groups is 1. The number of ether oxygens (including phenoxy) is 1. The molecule has 0 radical (unpaired) electrons. The molecule has 21 heavy (non-hydrogen) atoms. The number of hydrogen-bond donors (Lipinski definition) is 3. The maximum absolute atomic E-state index is 11.8. The molecule has 10 nitrogen and oxygen atoms in total. The highest BCUT2D eigenvalue weighted by atomic mass is 16.6. The minimum Gasteiger partial charge on any atom is -0.393 e. The van der Waals surface area contributed by atoms with Crippen LogP contribution >= 0.6 is 0 Å². The van der Waals surface area contributed by atoms with Crippen molar-refractivity contribution in [1.29, 1.82) is 0 Å². The molecule has 0 bridgehead atoms. The third kappa shape index (κ3) is 2.73. The van der Waals surface area contributed by atoms with Gasteiger partial charge in [0.1, 0.15) is 6.23 Å². The van der Waals surface area contributed by atoms with Crippen molar-refractivity contribution >= 4 is 0 Å². The molecule has 1 aromatic heterocycles. The number of nitrogens with one attached hydrogen (secondary N) is 1. The van der Waals surface area contributed by atoms with Crippen LogP contribution in [-0.2, 0) is 4.74 Å². The molecule has 0 spiro atoms. The van der Waals surface area contributed by atoms with Crippen LogP contribution in [-0.4, -0.2) is 49.5 Å². The molecular weight excluding hydrogens is 286 g/mol. The molecule has 0 aliphatic carbocycles. The second-order valence-corrected chi connectivity index (χ2v) is 5.02. The lowest BCUT2D eigenvalue weighted by Gasteiger charge is -2.25. The van der Waals surface area contributed by atoms with Gasteiger partial charge in [0, 0.05) is 23.1 Å². The fourth-order valence-electron chi connectivity index (χ4n) is 2.33. The molecule has 1 aliphatic heterocycles. The maximum atomic E-state index is 11.8. The van der Waals surface area contributed by atoms with Crippen LogP contribution in [0.25, 0.3) is 0 Å². The van der Waals surface area contributed by atoms with Crippen LogP contribution in [0.1, 0.15) is 18.2 Å². The molecule has 116 valence electrons. The van der Waals surface area contributed by atoms with Crippen molar-refractivity contribution in [2.24, 2.45) is 0 Å². The maximum Gasteiger partial charge on any atom is 0.330 e. The smallest absolute Gasteiger partial charge is 0.330 e. The van der Waals surface area contributed by atoms with Crippen LogP contribution in [0, 0.1) is 17.0 Å². The summed E-state index contributed by atoms with van der Waals surface area (Å²) in [5.41, 5.74) is -2.81. The first-order chi connectivity index (χ1) is 9.79. The Bertz CT molecular complexity index is 667. The van der Waals surface area contributed by atoms with Gasteiger partial charge in [-0.05, 0) is 6.92 Å². The highest BCUT2D eigenvalue weighted by Crippen LogP contribution is 2.36. The molecule has 3 N–H and O–H groups in total. The molecule has 2 heterocycles. The summed E-state index contributed by atoms with van der Waals surface area (Å²) >= 11 is 0. The number of H-pyrrole nitrogens is 1. The monoisotopic (exact) mass is 301 g/mol. The summed E-state index contributed by atoms with van der Waals surface area (Å²) in [6, 6.07) is 0. The van der Waals surface area contributed by atoms with E-state index >= 15 is 0 Å². The van der Waals surface area contributed by atoms with E-state index in [1.807, 2.05) is 0 Å². The molecule has 0 amide bonds. The van der Waals surface area contributed by atoms with Crippen LogP contribution in [0.15, 0.2) is 15.8 Å². The van der Waals surface area contributed by atoms with Crippen molar-refractivity contribution in [2.75, 3.05) is 13.2 Å². The summed E-state index contributed by atoms with van der Waals surface area (Å²) in [7, 11) is 0. The zero-order valence-electron chi connectivity index (χ0n) is 11.2. The Morgan fingerprint density at radius 2 is 2.29 bits per heavy atom. The van der Waals surface area contributed by atoms with E-state index in [4.69, 9.17) is 4.74 Å². The van der Waals surface area contributed by atoms with Gasteiger partial charge in [-0.3, -0.25) is 24.5 Å². The summed E-state index contributed by atoms with van der Waals surface area (Å²) < 4.78 is 6.42. The van der Waals surface area contributed by atoms with Crippen LogP contribution in [0.3, 0.4) is 0 Å². The summed E-state index contributed by atoms with van der Waals surface area (Å²) in [5, 5.41) is 30.0. The predicted molar refractivity (Wildman–Crippen MR) is 68.5 cm³/mol. The van der Waals surface area contributed by atoms with Crippen LogP contribution in [0.5, 0.6) is 0 Å². The molecule has 1 aliphatic rings. The van der Waals surface area contributed by atoms with Gasteiger partial charge in [0.2, 0.25) is 6.54 Å². The third-order valence-electron chi connectivity index (χ3n) is 3.52. The largest absolute Gasteiger partial charge is 0.393 e. The Morgan fingerprint density at radius 1 is 1.62 bits per heavy atom. The SMILES string of the molecule is Cc1cn([C@H]2CC(O)[C@](CO)(C[N+](=O)[O-])O2)c(=O)[nH]c1=O. The molecule has 1 unspecified atom stereocenters. The third-order valence-corrected chi connectivity index (χ3v) is 3.52. The van der Waals surface area contributed by atoms with Gasteiger partial charge in [-0.15, -0.1) is 0 Å². The molecule has 1 aromatic rings. The Labute approximate surface area is 117 Å². The van der Waals surface area contributed by atoms with E-state index in [1.54, 1.807) is 0 Å². The highest BCUT2D eigenvalue weighted by Gasteiger charge is 2.52. The average Bonchev–Trinajstić information content (AvgIpc) is 2.71. The molecule has 1 fully saturated rings. The highest BCUT2D eigenvalue weighted by molar-refractivity contribution is 5.03. The zero-order valence-corrected chi connectivity index (χ0v) is 11.2. The topological polar surface area (TPSA) is 148 Å². The minimum atomic E-state index is -1.77. The van der Waals surface area contributed by atoms with Gasteiger partial charge in [0.25, 0.3) is 5.56 Å². The van der Waals surface area contributed by atoms with Gasteiger partial charge >= 0.3 is 5.69 Å². The van der Waals surface area contributed by atoms with Gasteiger partial charge in [-0.25, -0.2) is 4.79 Å². The quantitative estimate of drug-likeness (QED) is 0.436. The van der Waals surface area contributed by atoms with Gasteiger partial charge in [0.05, 0.1) is 12.7 Å². The number of aliphatic hydroxyl groups excluding tert-OH is 2. The summed E-state index contributed by atoms with van der Waals surface area (Å²) in [6.07, 6.45) is -1.18. The summed E-state index contributed by atoms with van der Waals surface area (Å²) in [6.45, 7) is -0.0720. The second-order valence-electron chi connectivity index (χ2n) is 5.02. The average molecular weight is 301 g/mol. The Balaban J connectivity index is 2.37. The molecule has 0 saturated carbocycles. The van der Waals surface area contributed by atoms with Crippen molar-refractivity contribution in [2.45, 2.75) is 31.3 Å². The number of aliphatic hydroxyl groups is 2. The van der Waals surface area contributed by atoms with E-state index in [1.165, 1.54) is 13.1 Å². The van der Waals surface area contributed by atoms with Gasteiger partial charge in [-0.2, -0.15) is 0 Å². The molecule has 0 aromatic carbocycles. The van der Waals surface area contributed by atoms with Crippen molar-refractivity contribution in [3.63, 3.8) is 0 Å². The minimum absolute atomic E-state index is 0.111. The standard InChI is InChI=1S/C11H15N3O7/c1-6-3-13(10(18)12-9(6)17)8-2-7(16)11(5-15,21-8)4-14(19)20/h3,7-8,15-16H,2,4-5H2,1H3,(H,12,17,18)/t7?,8-,11-/m1/s1. The van der Waals surface area contributed by atoms with Crippen LogP contribution in [0.2, 0.25) is 0 Å². The lowest BCUT2D eigenvalue weighted by Crippen LogP contribution is -2.49. The van der Waals surface area contributed by atoms with E-state index in [0.29, 0.717) is 0 Å². The van der Waals surface area contributed by atoms with Crippen LogP contribution < -0.4 is 11.2 Å². The lowest BCUT2D eigenvalue weighted by atomic mass is 9.98. The molecule has 1 saturated heterocycles. The molecule has 2 rings (SSSR count). The normalized spacial score (nSPS) is 28.7. The number of aryl methyl sites for hydroxylation is 1. The Kier molecular flexibility index (Phi) is 3.94. The molecular formula is C11H15N3O7. The fraction of sp³-hybridized carbons (Fsp3) is 0.636. The zero-order chi connectivity index (χ0) is 15.8. The van der Waals surface area contributed by atoms with E-state index in [-0.39, 0.29) is 12.0 Å². The van der Waals surface area contributed by atoms with Crippen LogP contribution in [0.4, 0.5) is 0 Å².